The van der Waals surface area contributed by atoms with Crippen molar-refractivity contribution in [3.63, 3.8) is 0 Å². The molecule has 3 aromatic carbocycles. The van der Waals surface area contributed by atoms with Crippen molar-refractivity contribution < 1.29 is 38.5 Å². The summed E-state index contributed by atoms with van der Waals surface area (Å²) in [7, 11) is 0. The van der Waals surface area contributed by atoms with Gasteiger partial charge < -0.3 is 35.3 Å². The molecule has 0 aliphatic heterocycles. The number of aliphatic hydroxyl groups is 1. The van der Waals surface area contributed by atoms with Gasteiger partial charge in [0.05, 0.1) is 24.6 Å². The van der Waals surface area contributed by atoms with E-state index in [9.17, 15) is 24.3 Å². The molecule has 0 aliphatic rings. The summed E-state index contributed by atoms with van der Waals surface area (Å²) in [6.45, 7) is 13.1. The number of aliphatic hydroxyl groups excluding tert-OH is 1. The van der Waals surface area contributed by atoms with Crippen LogP contribution in [0, 0.1) is 11.3 Å². The zero-order valence-electron chi connectivity index (χ0n) is 30.9. The van der Waals surface area contributed by atoms with Crippen molar-refractivity contribution in [2.75, 3.05) is 13.2 Å². The van der Waals surface area contributed by atoms with Crippen LogP contribution in [0.4, 0.5) is 4.79 Å². The summed E-state index contributed by atoms with van der Waals surface area (Å²) in [6, 6.07) is 24.2. The van der Waals surface area contributed by atoms with Gasteiger partial charge >= 0.3 is 12.1 Å². The summed E-state index contributed by atoms with van der Waals surface area (Å²) in [4.78, 5) is 52.2. The molecule has 0 saturated carbocycles. The highest BCUT2D eigenvalue weighted by Gasteiger charge is 2.32. The maximum atomic E-state index is 13.5. The molecule has 4 N–H and O–H groups in total. The van der Waals surface area contributed by atoms with Gasteiger partial charge in [-0.05, 0) is 53.5 Å². The van der Waals surface area contributed by atoms with Gasteiger partial charge in [-0.3, -0.25) is 9.59 Å². The average Bonchev–Trinajstić information content (AvgIpc) is 3.14. The lowest BCUT2D eigenvalue weighted by atomic mass is 9.86. The first kappa shape index (κ1) is 42.0. The summed E-state index contributed by atoms with van der Waals surface area (Å²) in [5.74, 6) is -1.58. The van der Waals surface area contributed by atoms with Crippen molar-refractivity contribution in [2.24, 2.45) is 11.3 Å². The van der Waals surface area contributed by atoms with Gasteiger partial charge in [-0.15, -0.1) is 13.2 Å². The fraction of sp³-hybridized carbons (Fsp3) is 0.381. The predicted molar refractivity (Wildman–Crippen MR) is 204 cm³/mol. The molecule has 11 nitrogen and oxygen atoms in total. The van der Waals surface area contributed by atoms with Crippen LogP contribution in [0.15, 0.2) is 110 Å². The molecule has 3 aromatic rings. The Morgan fingerprint density at radius 3 is 1.92 bits per heavy atom. The molecule has 3 rings (SSSR count). The van der Waals surface area contributed by atoms with Crippen molar-refractivity contribution in [1.82, 2.24) is 16.0 Å². The SMILES string of the molecule is C=CC[C@@H](CC(=O)N[C@H](CO)Cc1ccc(OCc2ccccc2)cc1)C(=O)N[C@H](COC(=O)[C@@H](CC=C)NC(=O)OCc1ccccc1)C(C)(C)C. The van der Waals surface area contributed by atoms with Gasteiger partial charge in [0, 0.05) is 6.42 Å². The molecule has 0 aromatic heterocycles. The first-order valence-electron chi connectivity index (χ1n) is 17.7. The van der Waals surface area contributed by atoms with Crippen LogP contribution >= 0.6 is 0 Å². The third kappa shape index (κ3) is 15.4. The monoisotopic (exact) mass is 727 g/mol. The second-order valence-corrected chi connectivity index (χ2v) is 13.8. The van der Waals surface area contributed by atoms with E-state index < -0.39 is 53.3 Å². The van der Waals surface area contributed by atoms with Gasteiger partial charge in [0.2, 0.25) is 11.8 Å². The molecule has 0 fully saturated rings. The van der Waals surface area contributed by atoms with Crippen molar-refractivity contribution in [3.8, 4) is 5.75 Å². The van der Waals surface area contributed by atoms with E-state index in [1.165, 1.54) is 6.08 Å². The molecule has 0 heterocycles. The highest BCUT2D eigenvalue weighted by atomic mass is 16.6. The number of amides is 3. The van der Waals surface area contributed by atoms with Crippen LogP contribution in [0.2, 0.25) is 0 Å². The maximum absolute atomic E-state index is 13.5. The molecule has 284 valence electrons. The smallest absolute Gasteiger partial charge is 0.408 e. The van der Waals surface area contributed by atoms with E-state index in [1.807, 2.05) is 106 Å². The van der Waals surface area contributed by atoms with Crippen molar-refractivity contribution in [1.29, 1.82) is 0 Å². The number of alkyl carbamates (subject to hydrolysis) is 1. The number of esters is 1. The van der Waals surface area contributed by atoms with Gasteiger partial charge in [0.25, 0.3) is 0 Å². The van der Waals surface area contributed by atoms with Crippen molar-refractivity contribution in [3.05, 3.63) is 127 Å². The minimum absolute atomic E-state index is 0.0325. The molecule has 4 atom stereocenters. The summed E-state index contributed by atoms with van der Waals surface area (Å²) >= 11 is 0. The Labute approximate surface area is 312 Å². The number of rotatable bonds is 21. The average molecular weight is 728 g/mol. The zero-order valence-corrected chi connectivity index (χ0v) is 30.9. The van der Waals surface area contributed by atoms with Gasteiger partial charge in [0.1, 0.15) is 31.6 Å². The third-order valence-corrected chi connectivity index (χ3v) is 8.44. The van der Waals surface area contributed by atoms with E-state index in [4.69, 9.17) is 14.2 Å². The molecule has 0 bridgehead atoms. The van der Waals surface area contributed by atoms with Crippen LogP contribution < -0.4 is 20.7 Å². The Morgan fingerprint density at radius 1 is 0.755 bits per heavy atom. The Morgan fingerprint density at radius 2 is 1.36 bits per heavy atom. The lowest BCUT2D eigenvalue weighted by Crippen LogP contribution is -2.51. The Kier molecular flexibility index (Phi) is 17.3. The molecular weight excluding hydrogens is 674 g/mol. The molecular formula is C42H53N3O8. The number of nitrogens with one attached hydrogen (secondary N) is 3. The molecule has 0 aliphatic carbocycles. The van der Waals surface area contributed by atoms with Crippen molar-refractivity contribution in [2.45, 2.75) is 77.8 Å². The first-order valence-corrected chi connectivity index (χ1v) is 17.7. The fourth-order valence-electron chi connectivity index (χ4n) is 5.25. The molecule has 0 radical (unpaired) electrons. The second kappa shape index (κ2) is 21.8. The molecule has 0 unspecified atom stereocenters. The highest BCUT2D eigenvalue weighted by Crippen LogP contribution is 2.22. The fourth-order valence-corrected chi connectivity index (χ4v) is 5.25. The standard InChI is InChI=1S/C42H53N3O8/c1-6-14-33(25-38(47)43-34(26-46)24-30-20-22-35(23-21-30)51-27-31-16-10-8-11-17-31)39(48)45-37(42(3,4)5)29-52-40(49)36(15-7-2)44-41(50)53-28-32-18-12-9-13-19-32/h6-13,16-23,33-34,36-37,46H,1-2,14-15,24-29H2,3-5H3,(H,43,47)(H,44,50)(H,45,48)/t33-,34-,36+,37+/m0/s1. The quantitative estimate of drug-likeness (QED) is 0.0793. The molecule has 0 saturated heterocycles. The van der Waals surface area contributed by atoms with Gasteiger partial charge in [0.15, 0.2) is 0 Å². The lowest BCUT2D eigenvalue weighted by Gasteiger charge is -2.32. The van der Waals surface area contributed by atoms with E-state index in [2.05, 4.69) is 29.1 Å². The summed E-state index contributed by atoms with van der Waals surface area (Å²) in [6.07, 6.45) is 2.83. The van der Waals surface area contributed by atoms with Crippen LogP contribution in [0.3, 0.4) is 0 Å². The number of ether oxygens (including phenoxy) is 3. The van der Waals surface area contributed by atoms with Crippen LogP contribution in [-0.4, -0.2) is 60.3 Å². The summed E-state index contributed by atoms with van der Waals surface area (Å²) < 4.78 is 16.7. The number of allylic oxidation sites excluding steroid dienone is 1. The number of benzene rings is 3. The van der Waals surface area contributed by atoms with Gasteiger partial charge in [-0.25, -0.2) is 9.59 Å². The maximum Gasteiger partial charge on any atom is 0.408 e. The van der Waals surface area contributed by atoms with E-state index in [0.29, 0.717) is 18.8 Å². The second-order valence-electron chi connectivity index (χ2n) is 13.8. The summed E-state index contributed by atoms with van der Waals surface area (Å²) in [5.41, 5.74) is 2.20. The van der Waals surface area contributed by atoms with Crippen LogP contribution in [-0.2, 0) is 43.5 Å². The minimum Gasteiger partial charge on any atom is -0.489 e. The minimum atomic E-state index is -1.05. The van der Waals surface area contributed by atoms with Gasteiger partial charge in [-0.1, -0.05) is 106 Å². The lowest BCUT2D eigenvalue weighted by molar-refractivity contribution is -0.148. The Hall–Kier alpha value is -5.42. The summed E-state index contributed by atoms with van der Waals surface area (Å²) in [5, 5.41) is 18.4. The normalized spacial score (nSPS) is 13.3. The van der Waals surface area contributed by atoms with E-state index in [0.717, 1.165) is 16.7 Å². The largest absolute Gasteiger partial charge is 0.489 e. The topological polar surface area (TPSA) is 152 Å². The molecule has 11 heteroatoms. The predicted octanol–water partition coefficient (Wildman–Crippen LogP) is 5.81. The number of carbonyl (C=O) groups is 4. The molecule has 53 heavy (non-hydrogen) atoms. The number of hydrogen-bond donors (Lipinski definition) is 4. The van der Waals surface area contributed by atoms with E-state index in [-0.39, 0.29) is 39.1 Å². The number of hydrogen-bond acceptors (Lipinski definition) is 8. The Balaban J connectivity index is 1.53. The van der Waals surface area contributed by atoms with Gasteiger partial charge in [-0.2, -0.15) is 0 Å². The zero-order chi connectivity index (χ0) is 38.6. The highest BCUT2D eigenvalue weighted by molar-refractivity contribution is 5.86. The van der Waals surface area contributed by atoms with E-state index >= 15 is 0 Å². The van der Waals surface area contributed by atoms with Crippen molar-refractivity contribution >= 4 is 23.9 Å². The number of carbonyl (C=O) groups excluding carboxylic acids is 4. The molecule has 0 spiro atoms. The van der Waals surface area contributed by atoms with Crippen LogP contribution in [0.5, 0.6) is 5.75 Å². The third-order valence-electron chi connectivity index (χ3n) is 8.44. The van der Waals surface area contributed by atoms with Crippen LogP contribution in [0.25, 0.3) is 0 Å². The Bertz CT molecular complexity index is 1610. The van der Waals surface area contributed by atoms with Crippen LogP contribution in [0.1, 0.15) is 56.7 Å². The molecule has 3 amide bonds. The first-order chi connectivity index (χ1) is 25.4. The van der Waals surface area contributed by atoms with E-state index in [1.54, 1.807) is 6.08 Å².